The molecule has 8 aromatic rings. The van der Waals surface area contributed by atoms with Gasteiger partial charge in [-0.15, -0.1) is 54.1 Å². The van der Waals surface area contributed by atoms with E-state index in [-0.39, 0.29) is 26.0 Å². The molecule has 0 atom stereocenters. The average Bonchev–Trinajstić information content (AvgIpc) is 3.71. The number of rotatable bonds is 6. The van der Waals surface area contributed by atoms with E-state index < -0.39 is 14.4 Å². The van der Waals surface area contributed by atoms with Gasteiger partial charge in [-0.25, -0.2) is 0 Å². The number of hydrogen-bond donors (Lipinski definition) is 0. The number of para-hydroxylation sites is 2. The van der Waals surface area contributed by atoms with Gasteiger partial charge in [-0.2, -0.15) is 0 Å². The van der Waals surface area contributed by atoms with Crippen molar-refractivity contribution in [2.75, 3.05) is 0 Å². The molecule has 0 unspecified atom stereocenters. The first-order valence-corrected chi connectivity index (χ1v) is 19.7. The van der Waals surface area contributed by atoms with Crippen LogP contribution in [0.3, 0.4) is 0 Å². The van der Waals surface area contributed by atoms with Gasteiger partial charge in [0.25, 0.3) is 0 Å². The third-order valence-electron chi connectivity index (χ3n) is 8.17. The Kier molecular flexibility index (Phi) is 9.30. The summed E-state index contributed by atoms with van der Waals surface area (Å²) in [6.07, 6.45) is 4.14. The molecule has 0 fully saturated rings. The molecule has 5 nitrogen and oxygen atoms in total. The van der Waals surface area contributed by atoms with Crippen LogP contribution in [0.15, 0.2) is 126 Å². The minimum atomic E-state index is -1.67. The molecule has 4 aromatic heterocycles. The van der Waals surface area contributed by atoms with Crippen molar-refractivity contribution < 1.29 is 27.3 Å². The molecule has 49 heavy (non-hydrogen) atoms. The summed E-state index contributed by atoms with van der Waals surface area (Å²) in [5, 5.41) is 3.26. The summed E-state index contributed by atoms with van der Waals surface area (Å²) in [5.41, 5.74) is 7.85. The summed E-state index contributed by atoms with van der Waals surface area (Å²) >= 11 is 0. The van der Waals surface area contributed by atoms with Crippen LogP contribution in [-0.2, 0) is 26.5 Å². The Morgan fingerprint density at radius 3 is 2.39 bits per heavy atom. The Labute approximate surface area is 305 Å². The molecule has 0 aliphatic rings. The van der Waals surface area contributed by atoms with Crippen LogP contribution >= 0.6 is 0 Å². The second-order valence-electron chi connectivity index (χ2n) is 13.1. The van der Waals surface area contributed by atoms with Gasteiger partial charge in [-0.1, -0.05) is 92.5 Å². The summed E-state index contributed by atoms with van der Waals surface area (Å²) in [6.45, 7) is 10.6. The van der Waals surface area contributed by atoms with Crippen molar-refractivity contribution in [2.24, 2.45) is 5.92 Å². The molecule has 247 valence electrons. The summed E-state index contributed by atoms with van der Waals surface area (Å²) in [5.74, 6) is 0.705. The zero-order valence-electron chi connectivity index (χ0n) is 30.2. The van der Waals surface area contributed by atoms with E-state index >= 15 is 0 Å². The summed E-state index contributed by atoms with van der Waals surface area (Å²) in [6, 6.07) is 40.3. The van der Waals surface area contributed by atoms with Crippen molar-refractivity contribution >= 4 is 46.2 Å². The van der Waals surface area contributed by atoms with Crippen molar-refractivity contribution in [3.63, 3.8) is 0 Å². The maximum atomic E-state index is 8.55. The van der Waals surface area contributed by atoms with Crippen LogP contribution in [0.4, 0.5) is 0 Å². The van der Waals surface area contributed by atoms with Crippen molar-refractivity contribution in [1.82, 2.24) is 19.5 Å². The zero-order valence-corrected chi connectivity index (χ0v) is 31.5. The van der Waals surface area contributed by atoms with Crippen LogP contribution in [0, 0.1) is 18.1 Å². The Hall–Kier alpha value is -4.68. The Morgan fingerprint density at radius 2 is 1.63 bits per heavy atom. The van der Waals surface area contributed by atoms with Gasteiger partial charge in [-0.3, -0.25) is 9.97 Å². The average molecular weight is 837 g/mol. The fourth-order valence-electron chi connectivity index (χ4n) is 5.97. The molecular weight excluding hydrogens is 797 g/mol. The van der Waals surface area contributed by atoms with Crippen LogP contribution in [-0.4, -0.2) is 27.6 Å². The van der Waals surface area contributed by atoms with Crippen LogP contribution < -0.4 is 5.19 Å². The fraction of sp³-hybridized carbons (Fsp3) is 0.167. The van der Waals surface area contributed by atoms with Crippen molar-refractivity contribution in [3.05, 3.63) is 139 Å². The van der Waals surface area contributed by atoms with E-state index in [1.54, 1.807) is 6.20 Å². The second kappa shape index (κ2) is 14.4. The van der Waals surface area contributed by atoms with E-state index in [4.69, 9.17) is 12.1 Å². The Morgan fingerprint density at radius 1 is 0.857 bits per heavy atom. The van der Waals surface area contributed by atoms with E-state index in [1.807, 2.05) is 111 Å². The fourth-order valence-corrected chi connectivity index (χ4v) is 7.37. The number of furan rings is 1. The number of fused-ring (bicyclic) bond motifs is 4. The second-order valence-corrected chi connectivity index (χ2v) is 18.1. The molecule has 0 aliphatic carbocycles. The predicted molar refractivity (Wildman–Crippen MR) is 200 cm³/mol. The first-order valence-electron chi connectivity index (χ1n) is 17.2. The van der Waals surface area contributed by atoms with E-state index in [1.165, 1.54) is 0 Å². The predicted octanol–water partition coefficient (Wildman–Crippen LogP) is 10.1. The third kappa shape index (κ3) is 7.06. The minimum Gasteiger partial charge on any atom is -0.501 e. The van der Waals surface area contributed by atoms with Gasteiger partial charge in [0.1, 0.15) is 5.58 Å². The molecule has 0 aliphatic heterocycles. The molecule has 8 rings (SSSR count). The number of pyridine rings is 2. The topological polar surface area (TPSA) is 56.7 Å². The molecule has 0 saturated heterocycles. The van der Waals surface area contributed by atoms with Crippen molar-refractivity contribution in [2.45, 2.75) is 39.9 Å². The van der Waals surface area contributed by atoms with Crippen LogP contribution in [0.2, 0.25) is 19.6 Å². The molecule has 0 amide bonds. The van der Waals surface area contributed by atoms with E-state index in [2.05, 4.69) is 64.5 Å². The maximum absolute atomic E-state index is 8.55. The molecule has 0 bridgehead atoms. The van der Waals surface area contributed by atoms with Crippen LogP contribution in [0.25, 0.3) is 61.3 Å². The van der Waals surface area contributed by atoms with Gasteiger partial charge < -0.3 is 14.0 Å². The number of nitrogens with zero attached hydrogens (tertiary/aromatic N) is 4. The Bertz CT molecular complexity index is 2440. The van der Waals surface area contributed by atoms with Crippen LogP contribution in [0.1, 0.15) is 22.2 Å². The first-order chi connectivity index (χ1) is 24.0. The largest absolute Gasteiger partial charge is 0.501 e. The van der Waals surface area contributed by atoms with Gasteiger partial charge in [0.2, 0.25) is 0 Å². The zero-order chi connectivity index (χ0) is 35.0. The first kappa shape index (κ1) is 31.6. The number of aromatic nitrogens is 4. The smallest absolute Gasteiger partial charge is 0.120 e. The normalized spacial score (nSPS) is 12.4. The van der Waals surface area contributed by atoms with Gasteiger partial charge in [-0.05, 0) is 47.4 Å². The monoisotopic (exact) mass is 837 g/mol. The number of benzene rings is 4. The van der Waals surface area contributed by atoms with Gasteiger partial charge in [0.15, 0.2) is 0 Å². The molecule has 4 aromatic carbocycles. The molecule has 0 N–H and O–H groups in total. The van der Waals surface area contributed by atoms with Crippen molar-refractivity contribution in [1.29, 1.82) is 0 Å². The summed E-state index contributed by atoms with van der Waals surface area (Å²) in [7, 11) is -1.67. The van der Waals surface area contributed by atoms with Crippen LogP contribution in [0.5, 0.6) is 0 Å². The van der Waals surface area contributed by atoms with Crippen molar-refractivity contribution in [3.8, 4) is 28.3 Å². The quantitative estimate of drug-likeness (QED) is 0.124. The standard InChI is InChI=1S/C24H14N3O.C18H24NSi.Ir/c1-2-7-16(8-3-1)27-21-15-25-14-13-20(21)26-24(27)19-11-6-10-18-17-9-4-5-12-22(17)28-23(18)19;1-14(2)11-16-12-17(15-9-7-6-8-10-15)19-13-18(16)20(3,4)5;/h1-10,12-15H;6-9,12-14H,11H2,1-5H3;/q2*-1;/i;11D2;. The minimum absolute atomic E-state index is 0. The van der Waals surface area contributed by atoms with Gasteiger partial charge >= 0.3 is 0 Å². The van der Waals surface area contributed by atoms with Gasteiger partial charge in [0.05, 0.1) is 36.7 Å². The number of imidazole rings is 1. The SMILES string of the molecule is [2H]C([2H])(c1cc(-c2[c-]cccc2)ncc1[Si](C)(C)C)C(C)C.[Ir].[c-]1ccc2c(oc3ccccc32)c1-c1nc2ccncc2n1-c1ccccc1. The molecule has 0 spiro atoms. The maximum Gasteiger partial charge on any atom is 0.120 e. The molecule has 4 heterocycles. The van der Waals surface area contributed by atoms with E-state index in [0.29, 0.717) is 0 Å². The van der Waals surface area contributed by atoms with E-state index in [0.717, 1.165) is 72.1 Å². The molecular formula is C42H38IrN4OSi-2. The summed E-state index contributed by atoms with van der Waals surface area (Å²) in [4.78, 5) is 13.8. The van der Waals surface area contributed by atoms with E-state index in [9.17, 15) is 0 Å². The Balaban J connectivity index is 0.000000178. The summed E-state index contributed by atoms with van der Waals surface area (Å²) < 4.78 is 25.4. The molecule has 1 radical (unpaired) electrons. The van der Waals surface area contributed by atoms with Gasteiger partial charge in [0, 0.05) is 46.3 Å². The number of hydrogen-bond acceptors (Lipinski definition) is 4. The molecule has 0 saturated carbocycles. The third-order valence-corrected chi connectivity index (χ3v) is 10.2. The molecule has 7 heteroatoms.